The highest BCUT2D eigenvalue weighted by atomic mass is 19.3. The van der Waals surface area contributed by atoms with Crippen LogP contribution in [0, 0.1) is 0 Å². The number of ether oxygens (including phenoxy) is 2. The first kappa shape index (κ1) is 18.2. The van der Waals surface area contributed by atoms with E-state index in [-0.39, 0.29) is 24.1 Å². The summed E-state index contributed by atoms with van der Waals surface area (Å²) in [6, 6.07) is 14.1. The van der Waals surface area contributed by atoms with E-state index in [0.29, 0.717) is 13.2 Å². The summed E-state index contributed by atoms with van der Waals surface area (Å²) in [7, 11) is 0. The standard InChI is InChI=1S/C18H21F2NO3/c1-2-23-17-10-14(8-9-16(17)24-18(19)20)15(12-22)21-11-13-6-4-3-5-7-13/h3-10,15,18,21-22H,2,11-12H2,1H3. The topological polar surface area (TPSA) is 50.7 Å². The van der Waals surface area contributed by atoms with Crippen molar-refractivity contribution in [1.29, 1.82) is 0 Å². The van der Waals surface area contributed by atoms with Crippen LogP contribution in [0.1, 0.15) is 24.1 Å². The highest BCUT2D eigenvalue weighted by Gasteiger charge is 2.16. The molecule has 1 unspecified atom stereocenters. The minimum absolute atomic E-state index is 0.0182. The van der Waals surface area contributed by atoms with Crippen molar-refractivity contribution in [3.8, 4) is 11.5 Å². The molecule has 0 bridgehead atoms. The van der Waals surface area contributed by atoms with Gasteiger partial charge in [-0.2, -0.15) is 8.78 Å². The fourth-order valence-electron chi connectivity index (χ4n) is 2.33. The number of benzene rings is 2. The van der Waals surface area contributed by atoms with Gasteiger partial charge in [-0.25, -0.2) is 0 Å². The van der Waals surface area contributed by atoms with Gasteiger partial charge < -0.3 is 19.9 Å². The van der Waals surface area contributed by atoms with Gasteiger partial charge in [-0.15, -0.1) is 0 Å². The lowest BCUT2D eigenvalue weighted by Gasteiger charge is -2.19. The van der Waals surface area contributed by atoms with Crippen molar-refractivity contribution in [1.82, 2.24) is 5.32 Å². The van der Waals surface area contributed by atoms with Crippen molar-refractivity contribution in [3.05, 3.63) is 59.7 Å². The maximum Gasteiger partial charge on any atom is 0.387 e. The zero-order chi connectivity index (χ0) is 17.4. The summed E-state index contributed by atoms with van der Waals surface area (Å²) < 4.78 is 34.7. The number of rotatable bonds is 9. The van der Waals surface area contributed by atoms with Crippen LogP contribution in [0.4, 0.5) is 8.78 Å². The third-order valence-electron chi connectivity index (χ3n) is 3.46. The predicted octanol–water partition coefficient (Wildman–Crippen LogP) is 3.51. The van der Waals surface area contributed by atoms with Gasteiger partial charge >= 0.3 is 6.61 Å². The van der Waals surface area contributed by atoms with Gasteiger partial charge in [0.25, 0.3) is 0 Å². The number of aliphatic hydroxyl groups is 1. The first-order valence-electron chi connectivity index (χ1n) is 7.73. The van der Waals surface area contributed by atoms with Gasteiger partial charge in [-0.05, 0) is 30.2 Å². The van der Waals surface area contributed by atoms with Crippen LogP contribution in [-0.4, -0.2) is 24.9 Å². The van der Waals surface area contributed by atoms with Crippen molar-refractivity contribution in [2.24, 2.45) is 0 Å². The molecular formula is C18H21F2NO3. The van der Waals surface area contributed by atoms with E-state index in [4.69, 9.17) is 4.74 Å². The van der Waals surface area contributed by atoms with Crippen LogP contribution in [0.5, 0.6) is 11.5 Å². The van der Waals surface area contributed by atoms with Crippen LogP contribution in [0.15, 0.2) is 48.5 Å². The lowest BCUT2D eigenvalue weighted by atomic mass is 10.1. The first-order valence-corrected chi connectivity index (χ1v) is 7.73. The molecule has 4 nitrogen and oxygen atoms in total. The summed E-state index contributed by atoms with van der Waals surface area (Å²) in [4.78, 5) is 0. The number of hydrogen-bond donors (Lipinski definition) is 2. The van der Waals surface area contributed by atoms with Gasteiger partial charge in [0.05, 0.1) is 19.3 Å². The van der Waals surface area contributed by atoms with Gasteiger partial charge in [0.1, 0.15) is 0 Å². The van der Waals surface area contributed by atoms with Gasteiger partial charge in [-0.1, -0.05) is 36.4 Å². The molecule has 2 N–H and O–H groups in total. The minimum atomic E-state index is -2.92. The van der Waals surface area contributed by atoms with Crippen molar-refractivity contribution < 1.29 is 23.4 Å². The third kappa shape index (κ3) is 5.18. The Balaban J connectivity index is 2.13. The molecule has 2 aromatic rings. The SMILES string of the molecule is CCOc1cc(C(CO)NCc2ccccc2)ccc1OC(F)F. The zero-order valence-corrected chi connectivity index (χ0v) is 13.4. The quantitative estimate of drug-likeness (QED) is 0.735. The van der Waals surface area contributed by atoms with Crippen LogP contribution >= 0.6 is 0 Å². The Hall–Kier alpha value is -2.18. The molecule has 0 aliphatic heterocycles. The highest BCUT2D eigenvalue weighted by molar-refractivity contribution is 5.44. The van der Waals surface area contributed by atoms with Gasteiger partial charge in [0.2, 0.25) is 0 Å². The summed E-state index contributed by atoms with van der Waals surface area (Å²) in [6.07, 6.45) is 0. The molecule has 0 aromatic heterocycles. The first-order chi connectivity index (χ1) is 11.6. The maximum atomic E-state index is 12.4. The largest absolute Gasteiger partial charge is 0.490 e. The smallest absolute Gasteiger partial charge is 0.387 e. The van der Waals surface area contributed by atoms with Crippen molar-refractivity contribution >= 4 is 0 Å². The Kier molecular flexibility index (Phi) is 6.96. The summed E-state index contributed by atoms with van der Waals surface area (Å²) in [6.45, 7) is -0.390. The lowest BCUT2D eigenvalue weighted by Crippen LogP contribution is -2.24. The number of aliphatic hydroxyl groups excluding tert-OH is 1. The predicted molar refractivity (Wildman–Crippen MR) is 87.4 cm³/mol. The molecule has 2 aromatic carbocycles. The van der Waals surface area contributed by atoms with Crippen LogP contribution in [-0.2, 0) is 6.54 Å². The normalized spacial score (nSPS) is 12.2. The molecule has 0 saturated heterocycles. The minimum Gasteiger partial charge on any atom is -0.490 e. The monoisotopic (exact) mass is 337 g/mol. The molecule has 0 spiro atoms. The lowest BCUT2D eigenvalue weighted by molar-refractivity contribution is -0.0514. The average Bonchev–Trinajstić information content (AvgIpc) is 2.58. The van der Waals surface area contributed by atoms with Crippen LogP contribution in [0.3, 0.4) is 0 Å². The van der Waals surface area contributed by atoms with Crippen LogP contribution in [0.25, 0.3) is 0 Å². The van der Waals surface area contributed by atoms with E-state index in [9.17, 15) is 13.9 Å². The molecule has 0 amide bonds. The van der Waals surface area contributed by atoms with E-state index in [1.54, 1.807) is 19.1 Å². The Bertz CT molecular complexity index is 623. The third-order valence-corrected chi connectivity index (χ3v) is 3.46. The fourth-order valence-corrected chi connectivity index (χ4v) is 2.33. The Morgan fingerprint density at radius 3 is 2.46 bits per heavy atom. The van der Waals surface area contributed by atoms with Crippen molar-refractivity contribution in [3.63, 3.8) is 0 Å². The molecule has 0 radical (unpaired) electrons. The number of hydrogen-bond acceptors (Lipinski definition) is 4. The van der Waals surface area contributed by atoms with E-state index in [0.717, 1.165) is 11.1 Å². The second kappa shape index (κ2) is 9.20. The van der Waals surface area contributed by atoms with E-state index in [1.807, 2.05) is 30.3 Å². The van der Waals surface area contributed by atoms with Gasteiger partial charge in [0, 0.05) is 6.54 Å². The zero-order valence-electron chi connectivity index (χ0n) is 13.4. The molecule has 1 atom stereocenters. The van der Waals surface area contributed by atoms with E-state index < -0.39 is 6.61 Å². The molecule has 0 saturated carbocycles. The maximum absolute atomic E-state index is 12.4. The second-order valence-corrected chi connectivity index (χ2v) is 5.12. The van der Waals surface area contributed by atoms with E-state index in [1.165, 1.54) is 6.07 Å². The van der Waals surface area contributed by atoms with Crippen LogP contribution in [0.2, 0.25) is 0 Å². The van der Waals surface area contributed by atoms with E-state index >= 15 is 0 Å². The molecule has 0 aliphatic carbocycles. The summed E-state index contributed by atoms with van der Waals surface area (Å²) in [5, 5.41) is 12.9. The Morgan fingerprint density at radius 1 is 1.08 bits per heavy atom. The number of alkyl halides is 2. The average molecular weight is 337 g/mol. The van der Waals surface area contributed by atoms with Crippen LogP contribution < -0.4 is 14.8 Å². The number of halogens is 2. The van der Waals surface area contributed by atoms with Gasteiger partial charge in [-0.3, -0.25) is 0 Å². The second-order valence-electron chi connectivity index (χ2n) is 5.12. The molecule has 0 fully saturated rings. The van der Waals surface area contributed by atoms with Gasteiger partial charge in [0.15, 0.2) is 11.5 Å². The Morgan fingerprint density at radius 2 is 1.83 bits per heavy atom. The molecule has 6 heteroatoms. The fraction of sp³-hybridized carbons (Fsp3) is 0.333. The molecule has 2 rings (SSSR count). The van der Waals surface area contributed by atoms with E-state index in [2.05, 4.69) is 10.1 Å². The van der Waals surface area contributed by atoms with Crippen molar-refractivity contribution in [2.75, 3.05) is 13.2 Å². The molecular weight excluding hydrogens is 316 g/mol. The summed E-state index contributed by atoms with van der Waals surface area (Å²) in [5.41, 5.74) is 1.82. The molecule has 24 heavy (non-hydrogen) atoms. The Labute approximate surface area is 140 Å². The number of nitrogens with one attached hydrogen (secondary N) is 1. The summed E-state index contributed by atoms with van der Waals surface area (Å²) >= 11 is 0. The van der Waals surface area contributed by atoms with Crippen molar-refractivity contribution in [2.45, 2.75) is 26.1 Å². The molecule has 130 valence electrons. The molecule has 0 heterocycles. The highest BCUT2D eigenvalue weighted by Crippen LogP contribution is 2.32. The molecule has 0 aliphatic rings. The summed E-state index contributed by atoms with van der Waals surface area (Å²) in [5.74, 6) is 0.214.